The second kappa shape index (κ2) is 7.41. The van der Waals surface area contributed by atoms with E-state index in [0.717, 1.165) is 10.6 Å². The molecule has 0 aliphatic heterocycles. The summed E-state index contributed by atoms with van der Waals surface area (Å²) >= 11 is 0. The van der Waals surface area contributed by atoms with E-state index in [2.05, 4.69) is 0 Å². The van der Waals surface area contributed by atoms with Gasteiger partial charge in [0.1, 0.15) is 5.42 Å². The second-order valence-electron chi connectivity index (χ2n) is 2.22. The highest BCUT2D eigenvalue weighted by molar-refractivity contribution is 5.36. The predicted molar refractivity (Wildman–Crippen MR) is 58.7 cm³/mol. The standard InChI is InChI=1S/C10H12O.C2H6/c1-3-5-6-9-7-8-11-10(9)4-2;1-2/h3-8H,1-2H3;1-2H3/b5-3-,9-6-,10-4+;. The van der Waals surface area contributed by atoms with Crippen molar-refractivity contribution in [3.05, 3.63) is 35.1 Å². The Kier molecular flexibility index (Phi) is 6.70. The highest BCUT2D eigenvalue weighted by Gasteiger charge is 1.82. The molecule has 72 valence electrons. The summed E-state index contributed by atoms with van der Waals surface area (Å²) in [6.07, 6.45) is 9.67. The third-order valence-electron chi connectivity index (χ3n) is 1.46. The van der Waals surface area contributed by atoms with Gasteiger partial charge in [-0.2, -0.15) is 0 Å². The van der Waals surface area contributed by atoms with Gasteiger partial charge >= 0.3 is 0 Å². The van der Waals surface area contributed by atoms with Crippen LogP contribution in [0.2, 0.25) is 0 Å². The minimum Gasteiger partial charge on any atom is -0.465 e. The largest absolute Gasteiger partial charge is 0.465 e. The topological polar surface area (TPSA) is 13.1 Å². The minimum atomic E-state index is 0.933. The van der Waals surface area contributed by atoms with Gasteiger partial charge in [-0.1, -0.05) is 32.1 Å². The molecule has 0 saturated heterocycles. The number of furan rings is 1. The molecule has 0 bridgehead atoms. The Hall–Kier alpha value is -1.24. The zero-order valence-corrected chi connectivity index (χ0v) is 8.87. The molecule has 0 spiro atoms. The SMILES string of the molecule is CC.C\C=C/C=c1/cco/c1=C/C. The van der Waals surface area contributed by atoms with E-state index in [1.807, 2.05) is 58.1 Å². The lowest BCUT2D eigenvalue weighted by atomic mass is 10.3. The maximum absolute atomic E-state index is 5.19. The Labute approximate surface area is 80.1 Å². The summed E-state index contributed by atoms with van der Waals surface area (Å²) in [5.74, 6) is 0. The lowest BCUT2D eigenvalue weighted by Gasteiger charge is -1.73. The van der Waals surface area contributed by atoms with Crippen LogP contribution in [0, 0.1) is 0 Å². The Bertz CT molecular complexity index is 341. The third kappa shape index (κ3) is 3.79. The van der Waals surface area contributed by atoms with Crippen molar-refractivity contribution < 1.29 is 4.42 Å². The molecule has 0 N–H and O–H groups in total. The summed E-state index contributed by atoms with van der Waals surface area (Å²) in [4.78, 5) is 0. The molecule has 0 radical (unpaired) electrons. The van der Waals surface area contributed by atoms with Gasteiger partial charge in [-0.25, -0.2) is 0 Å². The summed E-state index contributed by atoms with van der Waals surface area (Å²) in [6.45, 7) is 7.96. The normalized spacial score (nSPS) is 13.2. The fourth-order valence-corrected chi connectivity index (χ4v) is 0.903. The van der Waals surface area contributed by atoms with Crippen molar-refractivity contribution in [1.29, 1.82) is 0 Å². The van der Waals surface area contributed by atoms with Gasteiger partial charge < -0.3 is 4.42 Å². The highest BCUT2D eigenvalue weighted by Crippen LogP contribution is 1.74. The van der Waals surface area contributed by atoms with Crippen molar-refractivity contribution in [3.63, 3.8) is 0 Å². The van der Waals surface area contributed by atoms with Crippen molar-refractivity contribution in [1.82, 2.24) is 0 Å². The van der Waals surface area contributed by atoms with Gasteiger partial charge in [-0.05, 0) is 26.0 Å². The molecule has 1 heteroatoms. The number of allylic oxidation sites excluding steroid dienone is 2. The summed E-state index contributed by atoms with van der Waals surface area (Å²) in [5.41, 5.74) is 0.933. The van der Waals surface area contributed by atoms with E-state index in [0.29, 0.717) is 0 Å². The Morgan fingerprint density at radius 1 is 1.23 bits per heavy atom. The average molecular weight is 178 g/mol. The van der Waals surface area contributed by atoms with E-state index in [-0.39, 0.29) is 0 Å². The van der Waals surface area contributed by atoms with Crippen molar-refractivity contribution in [2.75, 3.05) is 0 Å². The quantitative estimate of drug-likeness (QED) is 0.644. The van der Waals surface area contributed by atoms with Gasteiger partial charge in [-0.3, -0.25) is 0 Å². The van der Waals surface area contributed by atoms with E-state index >= 15 is 0 Å². The fourth-order valence-electron chi connectivity index (χ4n) is 0.903. The van der Waals surface area contributed by atoms with Crippen LogP contribution in [-0.2, 0) is 0 Å². The lowest BCUT2D eigenvalue weighted by molar-refractivity contribution is 0.530. The summed E-state index contributed by atoms with van der Waals surface area (Å²) < 4.78 is 5.19. The second-order valence-corrected chi connectivity index (χ2v) is 2.22. The van der Waals surface area contributed by atoms with Gasteiger partial charge in [-0.15, -0.1) is 0 Å². The monoisotopic (exact) mass is 178 g/mol. The molecule has 1 rings (SSSR count). The minimum absolute atomic E-state index is 0.933. The highest BCUT2D eigenvalue weighted by atomic mass is 16.3. The molecule has 0 unspecified atom stereocenters. The smallest absolute Gasteiger partial charge is 0.129 e. The van der Waals surface area contributed by atoms with Crippen LogP contribution in [0.4, 0.5) is 0 Å². The Morgan fingerprint density at radius 2 is 1.92 bits per heavy atom. The van der Waals surface area contributed by atoms with Crippen molar-refractivity contribution >= 4 is 12.2 Å². The van der Waals surface area contributed by atoms with E-state index < -0.39 is 0 Å². The molecule has 0 amide bonds. The molecular formula is C12H18O. The van der Waals surface area contributed by atoms with Crippen LogP contribution >= 0.6 is 0 Å². The molecule has 1 aromatic rings. The Balaban J connectivity index is 0.000000671. The van der Waals surface area contributed by atoms with Crippen LogP contribution in [0.15, 0.2) is 28.9 Å². The molecule has 0 fully saturated rings. The zero-order valence-electron chi connectivity index (χ0n) is 8.87. The van der Waals surface area contributed by atoms with Gasteiger partial charge in [0.2, 0.25) is 0 Å². The molecule has 0 aliphatic rings. The van der Waals surface area contributed by atoms with E-state index in [4.69, 9.17) is 4.42 Å². The first kappa shape index (κ1) is 11.8. The first-order valence-corrected chi connectivity index (χ1v) is 4.71. The maximum Gasteiger partial charge on any atom is 0.129 e. The van der Waals surface area contributed by atoms with Gasteiger partial charge in [0, 0.05) is 5.22 Å². The van der Waals surface area contributed by atoms with E-state index in [1.54, 1.807) is 6.26 Å². The summed E-state index contributed by atoms with van der Waals surface area (Å²) in [7, 11) is 0. The van der Waals surface area contributed by atoms with Gasteiger partial charge in [0.25, 0.3) is 0 Å². The van der Waals surface area contributed by atoms with Crippen molar-refractivity contribution in [2.24, 2.45) is 0 Å². The van der Waals surface area contributed by atoms with Crippen LogP contribution in [-0.4, -0.2) is 0 Å². The van der Waals surface area contributed by atoms with E-state index in [1.165, 1.54) is 0 Å². The van der Waals surface area contributed by atoms with Crippen LogP contribution < -0.4 is 10.6 Å². The van der Waals surface area contributed by atoms with E-state index in [9.17, 15) is 0 Å². The number of hydrogen-bond acceptors (Lipinski definition) is 1. The number of rotatable bonds is 1. The Morgan fingerprint density at radius 3 is 2.46 bits per heavy atom. The van der Waals surface area contributed by atoms with Crippen LogP contribution in [0.25, 0.3) is 12.2 Å². The number of hydrogen-bond donors (Lipinski definition) is 0. The fraction of sp³-hybridized carbons (Fsp3) is 0.333. The predicted octanol–water partition coefficient (Wildman–Crippen LogP) is 2.46. The molecule has 0 atom stereocenters. The molecule has 1 aromatic heterocycles. The lowest BCUT2D eigenvalue weighted by Crippen LogP contribution is -2.17. The average Bonchev–Trinajstić information content (AvgIpc) is 2.65. The van der Waals surface area contributed by atoms with Gasteiger partial charge in [0.15, 0.2) is 0 Å². The summed E-state index contributed by atoms with van der Waals surface area (Å²) in [6, 6.07) is 1.95. The van der Waals surface area contributed by atoms with Crippen LogP contribution in [0.5, 0.6) is 0 Å². The molecule has 13 heavy (non-hydrogen) atoms. The summed E-state index contributed by atoms with van der Waals surface area (Å²) in [5, 5.41) is 1.13. The molecule has 0 saturated carbocycles. The first-order chi connectivity index (χ1) is 6.38. The van der Waals surface area contributed by atoms with Gasteiger partial charge in [0.05, 0.1) is 6.26 Å². The molecule has 0 aliphatic carbocycles. The molecule has 1 heterocycles. The molecule has 1 nitrogen and oxygen atoms in total. The maximum atomic E-state index is 5.19. The van der Waals surface area contributed by atoms with Crippen LogP contribution in [0.3, 0.4) is 0 Å². The third-order valence-corrected chi connectivity index (χ3v) is 1.46. The molecule has 0 aromatic carbocycles. The van der Waals surface area contributed by atoms with Crippen molar-refractivity contribution in [2.45, 2.75) is 27.7 Å². The first-order valence-electron chi connectivity index (χ1n) is 4.71. The van der Waals surface area contributed by atoms with Crippen LogP contribution in [0.1, 0.15) is 27.7 Å². The molecular weight excluding hydrogens is 160 g/mol. The van der Waals surface area contributed by atoms with Crippen molar-refractivity contribution in [3.8, 4) is 0 Å². The zero-order chi connectivity index (χ0) is 10.1.